The van der Waals surface area contributed by atoms with Gasteiger partial charge >= 0.3 is 0 Å². The molecular formula is C23H26N2O3. The van der Waals surface area contributed by atoms with Crippen LogP contribution in [0, 0.1) is 13.8 Å². The van der Waals surface area contributed by atoms with Crippen LogP contribution in [0.25, 0.3) is 0 Å². The lowest BCUT2D eigenvalue weighted by atomic mass is 9.96. The van der Waals surface area contributed by atoms with E-state index in [0.29, 0.717) is 13.2 Å². The zero-order valence-electron chi connectivity index (χ0n) is 16.6. The van der Waals surface area contributed by atoms with Crippen LogP contribution < -0.4 is 4.74 Å². The Kier molecular flexibility index (Phi) is 5.20. The third-order valence-corrected chi connectivity index (χ3v) is 5.17. The second-order valence-corrected chi connectivity index (χ2v) is 7.29. The lowest BCUT2D eigenvalue weighted by Gasteiger charge is -2.31. The highest BCUT2D eigenvalue weighted by Gasteiger charge is 2.44. The van der Waals surface area contributed by atoms with Crippen LogP contribution in [0.2, 0.25) is 0 Å². The summed E-state index contributed by atoms with van der Waals surface area (Å²) in [5, 5.41) is 0. The number of ether oxygens (including phenoxy) is 3. The van der Waals surface area contributed by atoms with E-state index in [1.807, 2.05) is 41.1 Å². The standard InChI is InChI=1S/C23H26N2O3/c1-4-19-14-26-23(28-19,15-25-11-10-24-16-25)21-12-18(3)22(13-17(21)2)27-20-8-6-5-7-9-20/h5-13,16,19H,4,14-15H2,1-3H3. The Morgan fingerprint density at radius 1 is 1.18 bits per heavy atom. The van der Waals surface area contributed by atoms with Gasteiger partial charge in [0.25, 0.3) is 0 Å². The Balaban J connectivity index is 1.69. The first kappa shape index (κ1) is 18.7. The van der Waals surface area contributed by atoms with Crippen molar-refractivity contribution in [2.45, 2.75) is 45.6 Å². The van der Waals surface area contributed by atoms with Crippen molar-refractivity contribution >= 4 is 0 Å². The molecule has 5 heteroatoms. The summed E-state index contributed by atoms with van der Waals surface area (Å²) in [6, 6.07) is 14.0. The topological polar surface area (TPSA) is 45.5 Å². The zero-order chi connectivity index (χ0) is 19.6. The molecule has 4 rings (SSSR count). The summed E-state index contributed by atoms with van der Waals surface area (Å²) in [6.07, 6.45) is 6.50. The van der Waals surface area contributed by atoms with E-state index in [1.165, 1.54) is 0 Å². The molecule has 0 saturated carbocycles. The molecular weight excluding hydrogens is 352 g/mol. The highest BCUT2D eigenvalue weighted by molar-refractivity contribution is 5.45. The summed E-state index contributed by atoms with van der Waals surface area (Å²) in [7, 11) is 0. The molecule has 1 aromatic heterocycles. The quantitative estimate of drug-likeness (QED) is 0.607. The molecule has 28 heavy (non-hydrogen) atoms. The maximum Gasteiger partial charge on any atom is 0.214 e. The summed E-state index contributed by atoms with van der Waals surface area (Å²) in [6.45, 7) is 7.40. The molecule has 0 bridgehead atoms. The van der Waals surface area contributed by atoms with Crippen LogP contribution in [-0.4, -0.2) is 22.3 Å². The van der Waals surface area contributed by atoms with Crippen LogP contribution in [0.15, 0.2) is 61.2 Å². The van der Waals surface area contributed by atoms with Crippen molar-refractivity contribution < 1.29 is 14.2 Å². The van der Waals surface area contributed by atoms with E-state index in [4.69, 9.17) is 14.2 Å². The SMILES string of the molecule is CCC1COC(Cn2ccnc2)(c2cc(C)c(Oc3ccccc3)cc2C)O1. The van der Waals surface area contributed by atoms with Crippen LogP contribution in [0.1, 0.15) is 30.0 Å². The van der Waals surface area contributed by atoms with Crippen molar-refractivity contribution in [2.24, 2.45) is 0 Å². The van der Waals surface area contributed by atoms with E-state index < -0.39 is 5.79 Å². The Labute approximate surface area is 165 Å². The molecule has 1 aliphatic heterocycles. The second kappa shape index (κ2) is 7.78. The van der Waals surface area contributed by atoms with Crippen molar-refractivity contribution in [3.8, 4) is 11.5 Å². The Morgan fingerprint density at radius 2 is 2.00 bits per heavy atom. The maximum atomic E-state index is 6.44. The fourth-order valence-corrected chi connectivity index (χ4v) is 3.62. The van der Waals surface area contributed by atoms with E-state index >= 15 is 0 Å². The van der Waals surface area contributed by atoms with Gasteiger partial charge in [-0.25, -0.2) is 4.98 Å². The van der Waals surface area contributed by atoms with Crippen molar-refractivity contribution in [1.29, 1.82) is 0 Å². The fraction of sp³-hybridized carbons (Fsp3) is 0.348. The number of rotatable bonds is 6. The minimum Gasteiger partial charge on any atom is -0.457 e. The van der Waals surface area contributed by atoms with Crippen molar-refractivity contribution in [3.63, 3.8) is 0 Å². The summed E-state index contributed by atoms with van der Waals surface area (Å²) in [4.78, 5) is 4.16. The van der Waals surface area contributed by atoms with Gasteiger partial charge in [-0.05, 0) is 55.7 Å². The molecule has 3 aromatic rings. The molecule has 2 heterocycles. The summed E-state index contributed by atoms with van der Waals surface area (Å²) in [5.41, 5.74) is 3.16. The van der Waals surface area contributed by atoms with E-state index in [9.17, 15) is 0 Å². The highest BCUT2D eigenvalue weighted by Crippen LogP contribution is 2.41. The first-order valence-electron chi connectivity index (χ1n) is 9.72. The Bertz CT molecular complexity index is 925. The predicted molar refractivity (Wildman–Crippen MR) is 107 cm³/mol. The Morgan fingerprint density at radius 3 is 2.68 bits per heavy atom. The van der Waals surface area contributed by atoms with Crippen LogP contribution >= 0.6 is 0 Å². The molecule has 1 saturated heterocycles. The molecule has 146 valence electrons. The lowest BCUT2D eigenvalue weighted by molar-refractivity contribution is -0.187. The molecule has 0 spiro atoms. The van der Waals surface area contributed by atoms with Crippen LogP contribution in [-0.2, 0) is 21.8 Å². The third kappa shape index (κ3) is 3.68. The van der Waals surface area contributed by atoms with Crippen LogP contribution in [0.3, 0.4) is 0 Å². The van der Waals surface area contributed by atoms with Crippen LogP contribution in [0.4, 0.5) is 0 Å². The molecule has 2 atom stereocenters. The Hall–Kier alpha value is -2.63. The normalized spacial score (nSPS) is 21.8. The van der Waals surface area contributed by atoms with Gasteiger partial charge in [0.05, 0.1) is 25.6 Å². The smallest absolute Gasteiger partial charge is 0.214 e. The number of imidazole rings is 1. The van der Waals surface area contributed by atoms with Gasteiger partial charge in [-0.2, -0.15) is 0 Å². The molecule has 0 amide bonds. The first-order valence-corrected chi connectivity index (χ1v) is 9.72. The van der Waals surface area contributed by atoms with Crippen molar-refractivity contribution in [2.75, 3.05) is 6.61 Å². The minimum absolute atomic E-state index is 0.0865. The largest absolute Gasteiger partial charge is 0.457 e. The van der Waals surface area contributed by atoms with Gasteiger partial charge in [0.15, 0.2) is 0 Å². The average molecular weight is 378 g/mol. The number of para-hydroxylation sites is 1. The average Bonchev–Trinajstić information content (AvgIpc) is 3.36. The van der Waals surface area contributed by atoms with E-state index in [-0.39, 0.29) is 6.10 Å². The van der Waals surface area contributed by atoms with Gasteiger partial charge in [0.1, 0.15) is 11.5 Å². The summed E-state index contributed by atoms with van der Waals surface area (Å²) < 4.78 is 20.8. The van der Waals surface area contributed by atoms with E-state index in [2.05, 4.69) is 37.9 Å². The molecule has 5 nitrogen and oxygen atoms in total. The van der Waals surface area contributed by atoms with Gasteiger partial charge in [0, 0.05) is 18.0 Å². The maximum absolute atomic E-state index is 6.44. The minimum atomic E-state index is -0.818. The van der Waals surface area contributed by atoms with E-state index in [0.717, 1.165) is 34.6 Å². The second-order valence-electron chi connectivity index (χ2n) is 7.29. The van der Waals surface area contributed by atoms with Gasteiger partial charge in [0.2, 0.25) is 5.79 Å². The highest BCUT2D eigenvalue weighted by atomic mass is 16.7. The summed E-state index contributed by atoms with van der Waals surface area (Å²) >= 11 is 0. The molecule has 1 fully saturated rings. The number of hydrogen-bond acceptors (Lipinski definition) is 4. The molecule has 0 aliphatic carbocycles. The molecule has 0 radical (unpaired) electrons. The molecule has 0 N–H and O–H groups in total. The number of aromatic nitrogens is 2. The first-order chi connectivity index (χ1) is 13.6. The predicted octanol–water partition coefficient (Wildman–Crippen LogP) is 4.97. The molecule has 2 aromatic carbocycles. The fourth-order valence-electron chi connectivity index (χ4n) is 3.62. The summed E-state index contributed by atoms with van der Waals surface area (Å²) in [5.74, 6) is 0.849. The number of hydrogen-bond donors (Lipinski definition) is 0. The van der Waals surface area contributed by atoms with Gasteiger partial charge in [-0.15, -0.1) is 0 Å². The number of aryl methyl sites for hydroxylation is 2. The van der Waals surface area contributed by atoms with Gasteiger partial charge in [-0.1, -0.05) is 25.1 Å². The van der Waals surface area contributed by atoms with Crippen molar-refractivity contribution in [1.82, 2.24) is 9.55 Å². The number of benzene rings is 2. The third-order valence-electron chi connectivity index (χ3n) is 5.17. The zero-order valence-corrected chi connectivity index (χ0v) is 16.6. The van der Waals surface area contributed by atoms with E-state index in [1.54, 1.807) is 12.5 Å². The van der Waals surface area contributed by atoms with Gasteiger partial charge in [-0.3, -0.25) is 0 Å². The monoisotopic (exact) mass is 378 g/mol. The number of nitrogens with zero attached hydrogens (tertiary/aromatic N) is 2. The molecule has 2 unspecified atom stereocenters. The molecule has 1 aliphatic rings. The van der Waals surface area contributed by atoms with Gasteiger partial charge < -0.3 is 18.8 Å². The van der Waals surface area contributed by atoms with Crippen molar-refractivity contribution in [3.05, 3.63) is 77.9 Å². The van der Waals surface area contributed by atoms with Crippen LogP contribution in [0.5, 0.6) is 11.5 Å². The lowest BCUT2D eigenvalue weighted by Crippen LogP contribution is -2.34.